The summed E-state index contributed by atoms with van der Waals surface area (Å²) in [6.45, 7) is 4.20. The van der Waals surface area contributed by atoms with E-state index < -0.39 is 0 Å². The van der Waals surface area contributed by atoms with Crippen LogP contribution in [-0.2, 0) is 4.74 Å². The van der Waals surface area contributed by atoms with Crippen molar-refractivity contribution in [3.05, 3.63) is 0 Å². The lowest BCUT2D eigenvalue weighted by Crippen LogP contribution is -2.40. The standard InChI is InChI=1S/C7H15NO/c1-7(6-9-2)4-3-5-8-7/h8H,3-6H2,1-2H3. The molecule has 0 aromatic heterocycles. The van der Waals surface area contributed by atoms with Crippen LogP contribution < -0.4 is 5.32 Å². The van der Waals surface area contributed by atoms with Crippen molar-refractivity contribution in [2.45, 2.75) is 25.3 Å². The number of rotatable bonds is 2. The summed E-state index contributed by atoms with van der Waals surface area (Å²) in [6, 6.07) is 0. The van der Waals surface area contributed by atoms with Crippen LogP contribution in [0.2, 0.25) is 0 Å². The molecule has 2 nitrogen and oxygen atoms in total. The van der Waals surface area contributed by atoms with Gasteiger partial charge in [-0.2, -0.15) is 0 Å². The Hall–Kier alpha value is -0.0800. The van der Waals surface area contributed by atoms with Gasteiger partial charge in [-0.3, -0.25) is 0 Å². The van der Waals surface area contributed by atoms with Crippen molar-refractivity contribution < 1.29 is 4.74 Å². The lowest BCUT2D eigenvalue weighted by atomic mass is 10.0. The van der Waals surface area contributed by atoms with Crippen LogP contribution in [0.25, 0.3) is 0 Å². The third kappa shape index (κ3) is 1.66. The molecule has 0 amide bonds. The van der Waals surface area contributed by atoms with E-state index in [2.05, 4.69) is 12.2 Å². The van der Waals surface area contributed by atoms with Gasteiger partial charge in [0.25, 0.3) is 0 Å². The number of methoxy groups -OCH3 is 1. The van der Waals surface area contributed by atoms with E-state index in [0.29, 0.717) is 0 Å². The fourth-order valence-corrected chi connectivity index (χ4v) is 1.40. The Bertz CT molecular complexity index is 86.9. The number of hydrogen-bond acceptors (Lipinski definition) is 2. The predicted molar refractivity (Wildman–Crippen MR) is 37.5 cm³/mol. The van der Waals surface area contributed by atoms with Crippen molar-refractivity contribution in [1.29, 1.82) is 0 Å². The van der Waals surface area contributed by atoms with Gasteiger partial charge in [-0.25, -0.2) is 0 Å². The molecule has 1 unspecified atom stereocenters. The van der Waals surface area contributed by atoms with Crippen LogP contribution in [0, 0.1) is 0 Å². The largest absolute Gasteiger partial charge is 0.383 e. The highest BCUT2D eigenvalue weighted by atomic mass is 16.5. The van der Waals surface area contributed by atoms with E-state index in [-0.39, 0.29) is 5.54 Å². The molecule has 0 bridgehead atoms. The Morgan fingerprint density at radius 2 is 2.44 bits per heavy atom. The minimum Gasteiger partial charge on any atom is -0.383 e. The Kier molecular flexibility index (Phi) is 2.09. The van der Waals surface area contributed by atoms with E-state index in [9.17, 15) is 0 Å². The van der Waals surface area contributed by atoms with Crippen LogP contribution in [0.3, 0.4) is 0 Å². The molecule has 1 heterocycles. The molecule has 2 heteroatoms. The molecule has 9 heavy (non-hydrogen) atoms. The molecule has 0 aliphatic carbocycles. The van der Waals surface area contributed by atoms with Crippen LogP contribution >= 0.6 is 0 Å². The molecule has 1 fully saturated rings. The van der Waals surface area contributed by atoms with Crippen molar-refractivity contribution in [1.82, 2.24) is 5.32 Å². The summed E-state index contributed by atoms with van der Waals surface area (Å²) < 4.78 is 5.07. The van der Waals surface area contributed by atoms with Gasteiger partial charge >= 0.3 is 0 Å². The highest BCUT2D eigenvalue weighted by Gasteiger charge is 2.27. The number of ether oxygens (including phenoxy) is 1. The zero-order valence-corrected chi connectivity index (χ0v) is 6.24. The van der Waals surface area contributed by atoms with Crippen molar-refractivity contribution in [3.8, 4) is 0 Å². The van der Waals surface area contributed by atoms with Gasteiger partial charge in [-0.1, -0.05) is 0 Å². The van der Waals surface area contributed by atoms with Gasteiger partial charge in [0.2, 0.25) is 0 Å². The Morgan fingerprint density at radius 1 is 1.67 bits per heavy atom. The highest BCUT2D eigenvalue weighted by Crippen LogP contribution is 2.17. The van der Waals surface area contributed by atoms with Crippen molar-refractivity contribution >= 4 is 0 Å². The molecule has 1 saturated heterocycles. The smallest absolute Gasteiger partial charge is 0.0641 e. The van der Waals surface area contributed by atoms with E-state index in [4.69, 9.17) is 4.74 Å². The molecular weight excluding hydrogens is 114 g/mol. The fraction of sp³-hybridized carbons (Fsp3) is 1.00. The van der Waals surface area contributed by atoms with Gasteiger partial charge < -0.3 is 10.1 Å². The lowest BCUT2D eigenvalue weighted by molar-refractivity contribution is 0.130. The third-order valence-electron chi connectivity index (χ3n) is 1.92. The molecule has 0 spiro atoms. The van der Waals surface area contributed by atoms with Gasteiger partial charge in [0.05, 0.1) is 6.61 Å². The molecule has 0 aromatic carbocycles. The summed E-state index contributed by atoms with van der Waals surface area (Å²) in [5.74, 6) is 0. The summed E-state index contributed by atoms with van der Waals surface area (Å²) in [5, 5.41) is 3.41. The van der Waals surface area contributed by atoms with Crippen LogP contribution in [0.5, 0.6) is 0 Å². The minimum absolute atomic E-state index is 0.273. The average Bonchev–Trinajstić information content (AvgIpc) is 2.16. The van der Waals surface area contributed by atoms with E-state index in [0.717, 1.165) is 13.2 Å². The fourth-order valence-electron chi connectivity index (χ4n) is 1.40. The zero-order valence-electron chi connectivity index (χ0n) is 6.24. The molecule has 1 atom stereocenters. The van der Waals surface area contributed by atoms with Gasteiger partial charge in [0.15, 0.2) is 0 Å². The molecular formula is C7H15NO. The van der Waals surface area contributed by atoms with Crippen molar-refractivity contribution in [2.24, 2.45) is 0 Å². The summed E-state index contributed by atoms with van der Waals surface area (Å²) in [6.07, 6.45) is 2.54. The van der Waals surface area contributed by atoms with E-state index in [1.165, 1.54) is 12.8 Å². The molecule has 0 aromatic rings. The molecule has 1 aliphatic heterocycles. The molecule has 54 valence electrons. The third-order valence-corrected chi connectivity index (χ3v) is 1.92. The molecule has 1 rings (SSSR count). The second kappa shape index (κ2) is 2.67. The molecule has 0 radical (unpaired) electrons. The maximum absolute atomic E-state index is 5.07. The first-order valence-corrected chi connectivity index (χ1v) is 3.51. The van der Waals surface area contributed by atoms with Crippen LogP contribution in [0.4, 0.5) is 0 Å². The van der Waals surface area contributed by atoms with Crippen LogP contribution in [0.1, 0.15) is 19.8 Å². The molecule has 1 aliphatic rings. The average molecular weight is 129 g/mol. The minimum atomic E-state index is 0.273. The Labute approximate surface area is 56.6 Å². The summed E-state index contributed by atoms with van der Waals surface area (Å²) in [5.41, 5.74) is 0.273. The zero-order chi connectivity index (χ0) is 6.74. The second-order valence-corrected chi connectivity index (χ2v) is 3.02. The highest BCUT2D eigenvalue weighted by molar-refractivity contribution is 4.87. The van der Waals surface area contributed by atoms with E-state index >= 15 is 0 Å². The molecule has 1 N–H and O–H groups in total. The van der Waals surface area contributed by atoms with Gasteiger partial charge in [0, 0.05) is 12.6 Å². The Balaban J connectivity index is 2.32. The van der Waals surface area contributed by atoms with E-state index in [1.54, 1.807) is 7.11 Å². The summed E-state index contributed by atoms with van der Waals surface area (Å²) in [4.78, 5) is 0. The van der Waals surface area contributed by atoms with Gasteiger partial charge in [-0.05, 0) is 26.3 Å². The first kappa shape index (κ1) is 7.03. The monoisotopic (exact) mass is 129 g/mol. The Morgan fingerprint density at radius 3 is 2.89 bits per heavy atom. The quantitative estimate of drug-likeness (QED) is 0.594. The van der Waals surface area contributed by atoms with Gasteiger partial charge in [-0.15, -0.1) is 0 Å². The first-order chi connectivity index (χ1) is 4.27. The summed E-state index contributed by atoms with van der Waals surface area (Å²) in [7, 11) is 1.76. The summed E-state index contributed by atoms with van der Waals surface area (Å²) >= 11 is 0. The predicted octanol–water partition coefficient (Wildman–Crippen LogP) is 0.775. The topological polar surface area (TPSA) is 21.3 Å². The van der Waals surface area contributed by atoms with Gasteiger partial charge in [0.1, 0.15) is 0 Å². The van der Waals surface area contributed by atoms with Crippen molar-refractivity contribution in [3.63, 3.8) is 0 Å². The normalized spacial score (nSPS) is 35.3. The number of nitrogens with one attached hydrogen (secondary N) is 1. The number of hydrogen-bond donors (Lipinski definition) is 1. The van der Waals surface area contributed by atoms with E-state index in [1.807, 2.05) is 0 Å². The second-order valence-electron chi connectivity index (χ2n) is 3.02. The molecule has 0 saturated carbocycles. The van der Waals surface area contributed by atoms with Crippen LogP contribution in [-0.4, -0.2) is 25.8 Å². The maximum atomic E-state index is 5.07. The lowest BCUT2D eigenvalue weighted by Gasteiger charge is -2.22. The van der Waals surface area contributed by atoms with Crippen molar-refractivity contribution in [2.75, 3.05) is 20.3 Å². The first-order valence-electron chi connectivity index (χ1n) is 3.51. The van der Waals surface area contributed by atoms with Crippen LogP contribution in [0.15, 0.2) is 0 Å². The maximum Gasteiger partial charge on any atom is 0.0641 e. The SMILES string of the molecule is COCC1(C)CCCN1.